The van der Waals surface area contributed by atoms with Gasteiger partial charge in [-0.1, -0.05) is 29.8 Å². The van der Waals surface area contributed by atoms with Gasteiger partial charge in [0, 0.05) is 5.69 Å². The smallest absolute Gasteiger partial charge is 0.243 e. The van der Waals surface area contributed by atoms with E-state index in [1.807, 2.05) is 30.3 Å². The zero-order valence-electron chi connectivity index (χ0n) is 13.8. The summed E-state index contributed by atoms with van der Waals surface area (Å²) in [5, 5.41) is 5.58. The Kier molecular flexibility index (Phi) is 7.10. The fraction of sp³-hybridized carbons (Fsp3) is 0.222. The van der Waals surface area contributed by atoms with Crippen LogP contribution in [0.4, 0.5) is 5.69 Å². The molecule has 0 fully saturated rings. The molecular weight excluding hydrogens is 344 g/mol. The van der Waals surface area contributed by atoms with Gasteiger partial charge in [0.25, 0.3) is 0 Å². The Balaban J connectivity index is 1.68. The Bertz CT molecular complexity index is 722. The molecule has 2 rings (SSSR count). The van der Waals surface area contributed by atoms with Gasteiger partial charge in [-0.25, -0.2) is 0 Å². The molecule has 25 heavy (non-hydrogen) atoms. The summed E-state index contributed by atoms with van der Waals surface area (Å²) in [7, 11) is 1.51. The monoisotopic (exact) mass is 362 g/mol. The van der Waals surface area contributed by atoms with Gasteiger partial charge in [0.15, 0.2) is 0 Å². The van der Waals surface area contributed by atoms with Gasteiger partial charge in [-0.05, 0) is 30.3 Å². The molecular formula is C18H19ClN2O4. The Hall–Kier alpha value is -2.73. The van der Waals surface area contributed by atoms with Crippen molar-refractivity contribution in [1.82, 2.24) is 5.32 Å². The van der Waals surface area contributed by atoms with E-state index in [0.29, 0.717) is 22.2 Å². The van der Waals surface area contributed by atoms with E-state index in [-0.39, 0.29) is 31.4 Å². The fourth-order valence-electron chi connectivity index (χ4n) is 1.99. The maximum absolute atomic E-state index is 11.8. The van der Waals surface area contributed by atoms with Crippen molar-refractivity contribution in [2.24, 2.45) is 0 Å². The lowest BCUT2D eigenvalue weighted by atomic mass is 10.3. The summed E-state index contributed by atoms with van der Waals surface area (Å²) in [6.45, 7) is 0.110. The third kappa shape index (κ3) is 6.35. The lowest BCUT2D eigenvalue weighted by molar-refractivity contribution is -0.124. The minimum absolute atomic E-state index is 0.131. The normalized spacial score (nSPS) is 10.0. The van der Waals surface area contributed by atoms with Crippen LogP contribution in [0.1, 0.15) is 6.42 Å². The summed E-state index contributed by atoms with van der Waals surface area (Å²) in [6.07, 6.45) is 0.163. The van der Waals surface area contributed by atoms with Crippen LogP contribution < -0.4 is 20.1 Å². The number of carbonyl (C=O) groups excluding carboxylic acids is 2. The van der Waals surface area contributed by atoms with Crippen LogP contribution in [-0.2, 0) is 9.59 Å². The topological polar surface area (TPSA) is 76.7 Å². The van der Waals surface area contributed by atoms with E-state index < -0.39 is 0 Å². The van der Waals surface area contributed by atoms with Crippen LogP contribution in [0.3, 0.4) is 0 Å². The van der Waals surface area contributed by atoms with Crippen molar-refractivity contribution in [3.8, 4) is 11.5 Å². The van der Waals surface area contributed by atoms with Crippen LogP contribution in [-0.4, -0.2) is 32.1 Å². The number of halogens is 1. The molecule has 0 atom stereocenters. The average molecular weight is 363 g/mol. The first-order valence-electron chi connectivity index (χ1n) is 7.66. The van der Waals surface area contributed by atoms with Crippen LogP contribution in [0, 0.1) is 0 Å². The minimum atomic E-state index is -0.349. The number of para-hydroxylation sites is 1. The van der Waals surface area contributed by atoms with E-state index in [9.17, 15) is 9.59 Å². The van der Waals surface area contributed by atoms with E-state index in [1.165, 1.54) is 7.11 Å². The third-order valence-electron chi connectivity index (χ3n) is 3.22. The highest BCUT2D eigenvalue weighted by atomic mass is 35.5. The van der Waals surface area contributed by atoms with Crippen LogP contribution in [0.25, 0.3) is 0 Å². The summed E-state index contributed by atoms with van der Waals surface area (Å²) in [4.78, 5) is 23.6. The summed E-state index contributed by atoms with van der Waals surface area (Å²) >= 11 is 5.99. The lowest BCUT2D eigenvalue weighted by Crippen LogP contribution is -2.33. The van der Waals surface area contributed by atoms with Crippen molar-refractivity contribution in [2.45, 2.75) is 6.42 Å². The van der Waals surface area contributed by atoms with E-state index in [4.69, 9.17) is 21.1 Å². The molecule has 0 aliphatic carbocycles. The second-order valence-electron chi connectivity index (χ2n) is 5.09. The van der Waals surface area contributed by atoms with Gasteiger partial charge in [0.05, 0.1) is 31.7 Å². The molecule has 0 bridgehead atoms. The van der Waals surface area contributed by atoms with Gasteiger partial charge in [-0.15, -0.1) is 0 Å². The second kappa shape index (κ2) is 9.54. The molecule has 2 amide bonds. The summed E-state index contributed by atoms with van der Waals surface area (Å²) in [5.74, 6) is 0.605. The zero-order valence-corrected chi connectivity index (χ0v) is 14.5. The highest BCUT2D eigenvalue weighted by molar-refractivity contribution is 6.32. The maximum Gasteiger partial charge on any atom is 0.243 e. The molecule has 0 aliphatic rings. The molecule has 0 radical (unpaired) electrons. The molecule has 0 saturated carbocycles. The van der Waals surface area contributed by atoms with Gasteiger partial charge >= 0.3 is 0 Å². The highest BCUT2D eigenvalue weighted by Gasteiger charge is 2.08. The van der Waals surface area contributed by atoms with Crippen LogP contribution in [0.15, 0.2) is 48.5 Å². The number of hydrogen-bond donors (Lipinski definition) is 2. The summed E-state index contributed by atoms with van der Waals surface area (Å²) < 4.78 is 10.5. The predicted octanol–water partition coefficient (Wildman–Crippen LogP) is 2.87. The first kappa shape index (κ1) is 18.6. The molecule has 0 saturated heterocycles. The molecule has 2 aromatic carbocycles. The van der Waals surface area contributed by atoms with Crippen molar-refractivity contribution in [1.29, 1.82) is 0 Å². The SMILES string of the molecule is COc1ccc(NC(=O)CNC(=O)CCOc2ccccc2)cc1Cl. The molecule has 6 nitrogen and oxygen atoms in total. The number of hydrogen-bond acceptors (Lipinski definition) is 4. The number of benzene rings is 2. The van der Waals surface area contributed by atoms with Crippen molar-refractivity contribution >= 4 is 29.1 Å². The summed E-state index contributed by atoms with van der Waals surface area (Å²) in [5.41, 5.74) is 0.525. The lowest BCUT2D eigenvalue weighted by Gasteiger charge is -2.09. The fourth-order valence-corrected chi connectivity index (χ4v) is 2.25. The maximum atomic E-state index is 11.8. The number of anilines is 1. The largest absolute Gasteiger partial charge is 0.495 e. The van der Waals surface area contributed by atoms with Gasteiger partial charge < -0.3 is 20.1 Å². The molecule has 0 aromatic heterocycles. The molecule has 132 valence electrons. The molecule has 2 N–H and O–H groups in total. The van der Waals surface area contributed by atoms with Gasteiger partial charge in [-0.2, -0.15) is 0 Å². The number of rotatable bonds is 8. The Morgan fingerprint density at radius 3 is 2.52 bits per heavy atom. The van der Waals surface area contributed by atoms with Gasteiger partial charge in [0.1, 0.15) is 11.5 Å². The second-order valence-corrected chi connectivity index (χ2v) is 5.49. The first-order chi connectivity index (χ1) is 12.1. The van der Waals surface area contributed by atoms with E-state index in [1.54, 1.807) is 18.2 Å². The number of carbonyl (C=O) groups is 2. The molecule has 0 spiro atoms. The molecule has 2 aromatic rings. The zero-order chi connectivity index (χ0) is 18.1. The molecule has 7 heteroatoms. The van der Waals surface area contributed by atoms with Crippen molar-refractivity contribution < 1.29 is 19.1 Å². The molecule has 0 heterocycles. The van der Waals surface area contributed by atoms with Crippen molar-refractivity contribution in [3.05, 3.63) is 53.6 Å². The summed E-state index contributed by atoms with van der Waals surface area (Å²) in [6, 6.07) is 14.1. The Morgan fingerprint density at radius 1 is 1.08 bits per heavy atom. The van der Waals surface area contributed by atoms with Crippen molar-refractivity contribution in [3.63, 3.8) is 0 Å². The third-order valence-corrected chi connectivity index (χ3v) is 3.52. The predicted molar refractivity (Wildman–Crippen MR) is 96.2 cm³/mol. The van der Waals surface area contributed by atoms with Crippen molar-refractivity contribution in [2.75, 3.05) is 25.6 Å². The van der Waals surface area contributed by atoms with Crippen LogP contribution in [0.2, 0.25) is 5.02 Å². The number of amides is 2. The molecule has 0 unspecified atom stereocenters. The van der Waals surface area contributed by atoms with Gasteiger partial charge in [0.2, 0.25) is 11.8 Å². The average Bonchev–Trinajstić information content (AvgIpc) is 2.61. The number of methoxy groups -OCH3 is 1. The first-order valence-corrected chi connectivity index (χ1v) is 8.04. The minimum Gasteiger partial charge on any atom is -0.495 e. The Labute approximate surface area is 151 Å². The van der Waals surface area contributed by atoms with Crippen LogP contribution in [0.5, 0.6) is 11.5 Å². The van der Waals surface area contributed by atoms with Crippen LogP contribution >= 0.6 is 11.6 Å². The Morgan fingerprint density at radius 2 is 1.84 bits per heavy atom. The molecule has 0 aliphatic heterocycles. The number of nitrogens with one attached hydrogen (secondary N) is 2. The quantitative estimate of drug-likeness (QED) is 0.757. The standard InChI is InChI=1S/C18H19ClN2O4/c1-24-16-8-7-13(11-15(16)19)21-18(23)12-20-17(22)9-10-25-14-5-3-2-4-6-14/h2-8,11H,9-10,12H2,1H3,(H,20,22)(H,21,23). The highest BCUT2D eigenvalue weighted by Crippen LogP contribution is 2.27. The number of ether oxygens (including phenoxy) is 2. The van der Waals surface area contributed by atoms with E-state index in [0.717, 1.165) is 0 Å². The van der Waals surface area contributed by atoms with Gasteiger partial charge in [-0.3, -0.25) is 9.59 Å². The van der Waals surface area contributed by atoms with E-state index in [2.05, 4.69) is 10.6 Å². The van der Waals surface area contributed by atoms with E-state index >= 15 is 0 Å².